The van der Waals surface area contributed by atoms with Gasteiger partial charge in [0.1, 0.15) is 11.4 Å². The van der Waals surface area contributed by atoms with E-state index >= 15 is 0 Å². The number of benzene rings is 1. The molecule has 3 N–H and O–H groups in total. The quantitative estimate of drug-likeness (QED) is 0.435. The van der Waals surface area contributed by atoms with Gasteiger partial charge in [-0.3, -0.25) is 10.1 Å². The van der Waals surface area contributed by atoms with Crippen LogP contribution in [-0.2, 0) is 4.79 Å². The number of carbonyl (C=O) groups excluding carboxylic acids is 2. The van der Waals surface area contributed by atoms with E-state index in [9.17, 15) is 9.59 Å². The number of aromatic nitrogens is 4. The van der Waals surface area contributed by atoms with Crippen molar-refractivity contribution >= 4 is 41.2 Å². The summed E-state index contributed by atoms with van der Waals surface area (Å²) in [4.78, 5) is 32.0. The normalized spacial score (nSPS) is 17.5. The Labute approximate surface area is 168 Å². The molecule has 0 atom stereocenters. The fourth-order valence-electron chi connectivity index (χ4n) is 2.80. The lowest BCUT2D eigenvalue weighted by molar-refractivity contribution is -0.115. The molecule has 29 heavy (non-hydrogen) atoms. The molecule has 3 amide bonds. The molecule has 11 heteroatoms. The first kappa shape index (κ1) is 17.4. The number of hydrogen-bond acceptors (Lipinski definition) is 7. The van der Waals surface area contributed by atoms with Crippen molar-refractivity contribution in [2.24, 2.45) is 0 Å². The van der Waals surface area contributed by atoms with Crippen LogP contribution in [0, 0.1) is 0 Å². The Kier molecular flexibility index (Phi) is 4.06. The van der Waals surface area contributed by atoms with E-state index in [2.05, 4.69) is 31.0 Å². The zero-order valence-electron chi connectivity index (χ0n) is 14.8. The van der Waals surface area contributed by atoms with Crippen LogP contribution in [0.15, 0.2) is 36.2 Å². The monoisotopic (exact) mass is 411 g/mol. The molecule has 0 bridgehead atoms. The molecule has 1 aliphatic heterocycles. The van der Waals surface area contributed by atoms with Crippen LogP contribution in [0.25, 0.3) is 11.7 Å². The van der Waals surface area contributed by atoms with Gasteiger partial charge in [0.05, 0.1) is 6.20 Å². The van der Waals surface area contributed by atoms with Crippen molar-refractivity contribution in [3.05, 3.63) is 46.7 Å². The number of amides is 3. The number of halogens is 1. The summed E-state index contributed by atoms with van der Waals surface area (Å²) in [5.74, 6) is 0.440. The largest absolute Gasteiger partial charge is 0.424 e. The number of urea groups is 1. The standard InChI is InChI=1S/C18H14ClN7O3/c19-10-2-1-3-12(7-10)29-18-23-14-9(6-13-15(27)24-17(28)22-13)8-20-26(14)16(25-18)21-11-4-5-11/h1-3,6-8,11H,4-5H2,(H,21,23,25)(H2,22,24,27,28)/b13-6+. The first-order valence-corrected chi connectivity index (χ1v) is 9.23. The van der Waals surface area contributed by atoms with Crippen molar-refractivity contribution in [3.63, 3.8) is 0 Å². The van der Waals surface area contributed by atoms with E-state index in [0.29, 0.717) is 34.0 Å². The molecule has 2 fully saturated rings. The first-order valence-electron chi connectivity index (χ1n) is 8.85. The zero-order chi connectivity index (χ0) is 20.0. The number of imide groups is 1. The summed E-state index contributed by atoms with van der Waals surface area (Å²) in [5.41, 5.74) is 1.05. The molecule has 3 aromatic rings. The fraction of sp³-hybridized carbons (Fsp3) is 0.167. The molecule has 0 spiro atoms. The van der Waals surface area contributed by atoms with E-state index < -0.39 is 11.9 Å². The lowest BCUT2D eigenvalue weighted by Crippen LogP contribution is -2.22. The van der Waals surface area contributed by atoms with Gasteiger partial charge in [0.25, 0.3) is 5.91 Å². The lowest BCUT2D eigenvalue weighted by atomic mass is 10.2. The average molecular weight is 412 g/mol. The van der Waals surface area contributed by atoms with Crippen LogP contribution in [0.5, 0.6) is 11.8 Å². The van der Waals surface area contributed by atoms with Crippen molar-refractivity contribution in [1.82, 2.24) is 30.2 Å². The Morgan fingerprint density at radius 2 is 2.10 bits per heavy atom. The highest BCUT2D eigenvalue weighted by atomic mass is 35.5. The molecule has 2 aliphatic rings. The van der Waals surface area contributed by atoms with E-state index in [1.54, 1.807) is 24.3 Å². The van der Waals surface area contributed by atoms with Gasteiger partial charge in [0.2, 0.25) is 5.95 Å². The number of anilines is 1. The smallest absolute Gasteiger partial charge is 0.327 e. The van der Waals surface area contributed by atoms with E-state index in [1.165, 1.54) is 16.8 Å². The molecule has 0 radical (unpaired) electrons. The Balaban J connectivity index is 1.57. The van der Waals surface area contributed by atoms with Gasteiger partial charge in [-0.15, -0.1) is 0 Å². The highest BCUT2D eigenvalue weighted by molar-refractivity contribution is 6.30. The third-order valence-electron chi connectivity index (χ3n) is 4.31. The topological polar surface area (TPSA) is 123 Å². The molecule has 1 saturated heterocycles. The lowest BCUT2D eigenvalue weighted by Gasteiger charge is -2.09. The number of carbonyl (C=O) groups is 2. The fourth-order valence-corrected chi connectivity index (χ4v) is 2.98. The molecular weight excluding hydrogens is 398 g/mol. The number of hydrogen-bond donors (Lipinski definition) is 3. The summed E-state index contributed by atoms with van der Waals surface area (Å²) in [5, 5.41) is 12.7. The maximum atomic E-state index is 11.8. The van der Waals surface area contributed by atoms with Crippen LogP contribution in [0.1, 0.15) is 18.4 Å². The van der Waals surface area contributed by atoms with Crippen molar-refractivity contribution < 1.29 is 14.3 Å². The molecule has 3 heterocycles. The molecule has 0 unspecified atom stereocenters. The van der Waals surface area contributed by atoms with E-state index in [1.807, 2.05) is 0 Å². The van der Waals surface area contributed by atoms with Crippen LogP contribution in [0.3, 0.4) is 0 Å². The summed E-state index contributed by atoms with van der Waals surface area (Å²) in [7, 11) is 0. The molecule has 10 nitrogen and oxygen atoms in total. The number of ether oxygens (including phenoxy) is 1. The summed E-state index contributed by atoms with van der Waals surface area (Å²) >= 11 is 6.02. The number of nitrogens with one attached hydrogen (secondary N) is 3. The van der Waals surface area contributed by atoms with Gasteiger partial charge < -0.3 is 15.4 Å². The zero-order valence-corrected chi connectivity index (χ0v) is 15.6. The second kappa shape index (κ2) is 6.74. The molecular formula is C18H14ClN7O3. The SMILES string of the molecule is O=C1NC(=O)/C(=C\c2cnn3c(NC4CC4)nc(Oc4cccc(Cl)c4)nc23)N1. The predicted molar refractivity (Wildman–Crippen MR) is 104 cm³/mol. The Morgan fingerprint density at radius 1 is 1.24 bits per heavy atom. The Bertz CT molecular complexity index is 1190. The van der Waals surface area contributed by atoms with Crippen LogP contribution < -0.4 is 20.7 Å². The second-order valence-electron chi connectivity index (χ2n) is 6.61. The van der Waals surface area contributed by atoms with Crippen molar-refractivity contribution in [2.45, 2.75) is 18.9 Å². The summed E-state index contributed by atoms with van der Waals surface area (Å²) in [6, 6.07) is 6.73. The van der Waals surface area contributed by atoms with Gasteiger partial charge in [-0.25, -0.2) is 4.79 Å². The second-order valence-corrected chi connectivity index (χ2v) is 7.05. The maximum Gasteiger partial charge on any atom is 0.327 e. The van der Waals surface area contributed by atoms with E-state index in [0.717, 1.165) is 12.8 Å². The molecule has 2 aromatic heterocycles. The van der Waals surface area contributed by atoms with Crippen molar-refractivity contribution in [2.75, 3.05) is 5.32 Å². The number of nitrogens with zero attached hydrogens (tertiary/aromatic N) is 4. The van der Waals surface area contributed by atoms with Crippen LogP contribution in [0.2, 0.25) is 5.02 Å². The highest BCUT2D eigenvalue weighted by Gasteiger charge is 2.26. The van der Waals surface area contributed by atoms with Crippen LogP contribution in [0.4, 0.5) is 10.7 Å². The summed E-state index contributed by atoms with van der Waals surface area (Å²) < 4.78 is 7.32. The highest BCUT2D eigenvalue weighted by Crippen LogP contribution is 2.28. The van der Waals surface area contributed by atoms with Gasteiger partial charge in [0.15, 0.2) is 5.65 Å². The van der Waals surface area contributed by atoms with Gasteiger partial charge in [0, 0.05) is 16.6 Å². The number of rotatable bonds is 5. The molecule has 146 valence electrons. The van der Waals surface area contributed by atoms with Crippen molar-refractivity contribution in [3.8, 4) is 11.8 Å². The first-order chi connectivity index (χ1) is 14.0. The minimum Gasteiger partial charge on any atom is -0.424 e. The molecule has 1 aliphatic carbocycles. The average Bonchev–Trinajstić information content (AvgIpc) is 3.31. The predicted octanol–water partition coefficient (Wildman–Crippen LogP) is 2.32. The summed E-state index contributed by atoms with van der Waals surface area (Å²) in [6.45, 7) is 0. The van der Waals surface area contributed by atoms with Gasteiger partial charge >= 0.3 is 12.0 Å². The van der Waals surface area contributed by atoms with Gasteiger partial charge in [-0.2, -0.15) is 19.6 Å². The molecule has 1 saturated carbocycles. The molecule has 5 rings (SSSR count). The minimum absolute atomic E-state index is 0.1000. The van der Waals surface area contributed by atoms with Crippen molar-refractivity contribution in [1.29, 1.82) is 0 Å². The van der Waals surface area contributed by atoms with Gasteiger partial charge in [-0.05, 0) is 37.1 Å². The van der Waals surface area contributed by atoms with Crippen LogP contribution >= 0.6 is 11.6 Å². The molecule has 1 aromatic carbocycles. The minimum atomic E-state index is -0.576. The third-order valence-corrected chi connectivity index (χ3v) is 4.55. The van der Waals surface area contributed by atoms with Crippen LogP contribution in [-0.4, -0.2) is 37.6 Å². The Morgan fingerprint density at radius 3 is 2.83 bits per heavy atom. The van der Waals surface area contributed by atoms with E-state index in [4.69, 9.17) is 16.3 Å². The Hall–Kier alpha value is -3.66. The maximum absolute atomic E-state index is 11.8. The van der Waals surface area contributed by atoms with E-state index in [-0.39, 0.29) is 11.7 Å². The number of fused-ring (bicyclic) bond motifs is 1. The third kappa shape index (κ3) is 3.57. The van der Waals surface area contributed by atoms with Gasteiger partial charge in [-0.1, -0.05) is 17.7 Å². The summed E-state index contributed by atoms with van der Waals surface area (Å²) in [6.07, 6.45) is 5.12.